The third-order valence-electron chi connectivity index (χ3n) is 3.11. The van der Waals surface area contributed by atoms with Crippen molar-refractivity contribution < 1.29 is 13.6 Å². The van der Waals surface area contributed by atoms with Crippen LogP contribution in [-0.2, 0) is 6.54 Å². The Hall–Kier alpha value is -1.95. The summed E-state index contributed by atoms with van der Waals surface area (Å²) in [5, 5.41) is 1.92. The van der Waals surface area contributed by atoms with E-state index in [9.17, 15) is 13.6 Å². The number of thiophene rings is 1. The molecule has 0 aliphatic heterocycles. The van der Waals surface area contributed by atoms with Crippen LogP contribution in [0, 0.1) is 11.6 Å². The Kier molecular flexibility index (Phi) is 4.57. The van der Waals surface area contributed by atoms with Crippen LogP contribution in [0.2, 0.25) is 0 Å². The van der Waals surface area contributed by atoms with Gasteiger partial charge in [0.25, 0.3) is 5.91 Å². The average Bonchev–Trinajstić information content (AvgIpc) is 2.92. The quantitative estimate of drug-likeness (QED) is 0.876. The van der Waals surface area contributed by atoms with Gasteiger partial charge in [0.1, 0.15) is 0 Å². The van der Waals surface area contributed by atoms with Gasteiger partial charge < -0.3 is 10.6 Å². The number of carbonyl (C=O) groups excluding carboxylic acids is 1. The summed E-state index contributed by atoms with van der Waals surface area (Å²) in [6.45, 7) is 4.13. The molecule has 0 spiro atoms. The zero-order valence-electron chi connectivity index (χ0n) is 11.8. The summed E-state index contributed by atoms with van der Waals surface area (Å²) >= 11 is 1.53. The van der Waals surface area contributed by atoms with Crippen molar-refractivity contribution in [3.05, 3.63) is 51.7 Å². The van der Waals surface area contributed by atoms with Crippen LogP contribution in [0.3, 0.4) is 0 Å². The third-order valence-corrected chi connectivity index (χ3v) is 3.97. The molecule has 6 heteroatoms. The van der Waals surface area contributed by atoms with E-state index in [0.717, 1.165) is 17.0 Å². The van der Waals surface area contributed by atoms with E-state index >= 15 is 0 Å². The Morgan fingerprint density at radius 1 is 1.33 bits per heavy atom. The van der Waals surface area contributed by atoms with Crippen molar-refractivity contribution in [1.82, 2.24) is 4.90 Å². The number of halogens is 2. The lowest BCUT2D eigenvalue weighted by Gasteiger charge is -2.27. The van der Waals surface area contributed by atoms with E-state index in [1.165, 1.54) is 11.3 Å². The van der Waals surface area contributed by atoms with Crippen LogP contribution in [0.25, 0.3) is 0 Å². The SMILES string of the molecule is CC(C)N(Cc1cccs1)C(=O)c1cc(F)c(F)cc1N. The predicted octanol–water partition coefficient (Wildman–Crippen LogP) is 3.66. The molecule has 0 aliphatic rings. The molecule has 2 N–H and O–H groups in total. The van der Waals surface area contributed by atoms with Crippen molar-refractivity contribution >= 4 is 22.9 Å². The molecule has 3 nitrogen and oxygen atoms in total. The first-order valence-corrected chi connectivity index (χ1v) is 7.36. The van der Waals surface area contributed by atoms with Gasteiger partial charge in [-0.1, -0.05) is 6.07 Å². The van der Waals surface area contributed by atoms with E-state index in [1.807, 2.05) is 31.4 Å². The highest BCUT2D eigenvalue weighted by atomic mass is 32.1. The molecule has 2 aromatic rings. The lowest BCUT2D eigenvalue weighted by molar-refractivity contribution is 0.0693. The van der Waals surface area contributed by atoms with Crippen LogP contribution in [0.1, 0.15) is 29.1 Å². The fraction of sp³-hybridized carbons (Fsp3) is 0.267. The minimum atomic E-state index is -1.08. The summed E-state index contributed by atoms with van der Waals surface area (Å²) in [5.74, 6) is -2.54. The van der Waals surface area contributed by atoms with E-state index in [4.69, 9.17) is 5.73 Å². The minimum Gasteiger partial charge on any atom is -0.398 e. The number of anilines is 1. The molecule has 0 radical (unpaired) electrons. The monoisotopic (exact) mass is 310 g/mol. The maximum Gasteiger partial charge on any atom is 0.256 e. The van der Waals surface area contributed by atoms with Gasteiger partial charge in [-0.05, 0) is 31.4 Å². The molecule has 1 aromatic heterocycles. The van der Waals surface area contributed by atoms with Crippen LogP contribution >= 0.6 is 11.3 Å². The summed E-state index contributed by atoms with van der Waals surface area (Å²) in [5.41, 5.74) is 5.58. The van der Waals surface area contributed by atoms with Crippen LogP contribution in [-0.4, -0.2) is 16.8 Å². The number of hydrogen-bond donors (Lipinski definition) is 1. The van der Waals surface area contributed by atoms with Gasteiger partial charge in [0.15, 0.2) is 11.6 Å². The molecular formula is C15H16F2N2OS. The van der Waals surface area contributed by atoms with Gasteiger partial charge in [-0.3, -0.25) is 4.79 Å². The Bertz CT molecular complexity index is 641. The first-order valence-electron chi connectivity index (χ1n) is 6.48. The Morgan fingerprint density at radius 2 is 2.00 bits per heavy atom. The van der Waals surface area contributed by atoms with Crippen molar-refractivity contribution in [2.24, 2.45) is 0 Å². The standard InChI is InChI=1S/C15H16F2N2OS/c1-9(2)19(8-10-4-3-5-21-10)15(20)11-6-12(16)13(17)7-14(11)18/h3-7,9H,8,18H2,1-2H3. The lowest BCUT2D eigenvalue weighted by atomic mass is 10.1. The van der Waals surface area contributed by atoms with Gasteiger partial charge >= 0.3 is 0 Å². The zero-order chi connectivity index (χ0) is 15.6. The summed E-state index contributed by atoms with van der Waals surface area (Å²) in [7, 11) is 0. The highest BCUT2D eigenvalue weighted by Crippen LogP contribution is 2.22. The molecule has 0 fully saturated rings. The number of nitrogens with two attached hydrogens (primary N) is 1. The molecule has 21 heavy (non-hydrogen) atoms. The number of amides is 1. The predicted molar refractivity (Wildman–Crippen MR) is 80.1 cm³/mol. The minimum absolute atomic E-state index is 0.0147. The number of rotatable bonds is 4. The number of nitrogens with zero attached hydrogens (tertiary/aromatic N) is 1. The molecule has 0 bridgehead atoms. The number of hydrogen-bond acceptors (Lipinski definition) is 3. The topological polar surface area (TPSA) is 46.3 Å². The second-order valence-electron chi connectivity index (χ2n) is 4.96. The number of nitrogen functional groups attached to an aromatic ring is 1. The third kappa shape index (κ3) is 3.39. The second kappa shape index (κ2) is 6.22. The first-order chi connectivity index (χ1) is 9.90. The summed E-state index contributed by atoms with van der Waals surface area (Å²) in [4.78, 5) is 15.1. The van der Waals surface area contributed by atoms with Crippen molar-refractivity contribution in [3.8, 4) is 0 Å². The fourth-order valence-corrected chi connectivity index (χ4v) is 2.66. The van der Waals surface area contributed by atoms with Gasteiger partial charge in [0, 0.05) is 22.7 Å². The van der Waals surface area contributed by atoms with Crippen LogP contribution < -0.4 is 5.73 Å². The van der Waals surface area contributed by atoms with Gasteiger partial charge in [-0.15, -0.1) is 11.3 Å². The van der Waals surface area contributed by atoms with Crippen LogP contribution in [0.5, 0.6) is 0 Å². The van der Waals surface area contributed by atoms with E-state index in [1.54, 1.807) is 4.90 Å². The van der Waals surface area contributed by atoms with Gasteiger partial charge in [0.05, 0.1) is 12.1 Å². The maximum absolute atomic E-state index is 13.4. The normalized spacial score (nSPS) is 10.9. The van der Waals surface area contributed by atoms with Crippen LogP contribution in [0.15, 0.2) is 29.6 Å². The highest BCUT2D eigenvalue weighted by molar-refractivity contribution is 7.09. The van der Waals surface area contributed by atoms with Gasteiger partial charge in [0.2, 0.25) is 0 Å². The lowest BCUT2D eigenvalue weighted by Crippen LogP contribution is -2.36. The van der Waals surface area contributed by atoms with Crippen LogP contribution in [0.4, 0.5) is 14.5 Å². The van der Waals surface area contributed by atoms with Crippen molar-refractivity contribution in [1.29, 1.82) is 0 Å². The smallest absolute Gasteiger partial charge is 0.256 e. The molecule has 0 unspecified atom stereocenters. The Labute approximate surface area is 126 Å². The van der Waals surface area contributed by atoms with Crippen molar-refractivity contribution in [2.75, 3.05) is 5.73 Å². The van der Waals surface area contributed by atoms with Gasteiger partial charge in [-0.2, -0.15) is 0 Å². The van der Waals surface area contributed by atoms with Crippen molar-refractivity contribution in [3.63, 3.8) is 0 Å². The molecule has 0 atom stereocenters. The second-order valence-corrected chi connectivity index (χ2v) is 5.99. The summed E-state index contributed by atoms with van der Waals surface area (Å²) < 4.78 is 26.5. The van der Waals surface area contributed by atoms with E-state index < -0.39 is 17.5 Å². The molecule has 112 valence electrons. The summed E-state index contributed by atoms with van der Waals surface area (Å²) in [6, 6.07) is 5.42. The maximum atomic E-state index is 13.4. The largest absolute Gasteiger partial charge is 0.398 e. The number of benzene rings is 1. The molecule has 0 saturated carbocycles. The Balaban J connectivity index is 2.32. The average molecular weight is 310 g/mol. The summed E-state index contributed by atoms with van der Waals surface area (Å²) in [6.07, 6.45) is 0. The Morgan fingerprint density at radius 3 is 2.57 bits per heavy atom. The fourth-order valence-electron chi connectivity index (χ4n) is 1.96. The van der Waals surface area contributed by atoms with E-state index in [0.29, 0.717) is 6.54 Å². The first kappa shape index (κ1) is 15.4. The molecule has 1 aromatic carbocycles. The van der Waals surface area contributed by atoms with E-state index in [2.05, 4.69) is 0 Å². The zero-order valence-corrected chi connectivity index (χ0v) is 12.6. The molecule has 1 amide bonds. The molecule has 0 saturated heterocycles. The highest BCUT2D eigenvalue weighted by Gasteiger charge is 2.23. The number of carbonyl (C=O) groups is 1. The van der Waals surface area contributed by atoms with Gasteiger partial charge in [-0.25, -0.2) is 8.78 Å². The molecule has 2 rings (SSSR count). The van der Waals surface area contributed by atoms with Crippen molar-refractivity contribution in [2.45, 2.75) is 26.4 Å². The van der Waals surface area contributed by atoms with E-state index in [-0.39, 0.29) is 17.3 Å². The molecular weight excluding hydrogens is 294 g/mol. The molecule has 0 aliphatic carbocycles. The molecule has 1 heterocycles.